The smallest absolute Gasteiger partial charge is 0.0965 e. The highest BCUT2D eigenvalue weighted by Gasteiger charge is 2.05. The van der Waals surface area contributed by atoms with Crippen LogP contribution in [0.2, 0.25) is 0 Å². The average molecular weight is 196 g/mol. The van der Waals surface area contributed by atoms with Crippen LogP contribution in [0.5, 0.6) is 0 Å². The number of unbranched alkanes of at least 4 members (excludes halogenated alkanes) is 3. The Balaban J connectivity index is 2.07. The lowest BCUT2D eigenvalue weighted by Gasteiger charge is -2.12. The number of aliphatic hydroxyl groups excluding tert-OH is 1. The van der Waals surface area contributed by atoms with Crippen LogP contribution in [0, 0.1) is 0 Å². The van der Waals surface area contributed by atoms with Crippen LogP contribution in [-0.2, 0) is 4.74 Å². The Labute approximate surface area is 86.3 Å². The van der Waals surface area contributed by atoms with E-state index in [2.05, 4.69) is 6.92 Å². The number of allylic oxidation sites excluding steroid dienone is 4. The fourth-order valence-electron chi connectivity index (χ4n) is 1.46. The van der Waals surface area contributed by atoms with Crippen LogP contribution in [0.15, 0.2) is 23.7 Å². The molecule has 1 aliphatic carbocycles. The van der Waals surface area contributed by atoms with Gasteiger partial charge in [-0.1, -0.05) is 26.2 Å². The van der Waals surface area contributed by atoms with Gasteiger partial charge in [-0.3, -0.25) is 0 Å². The van der Waals surface area contributed by atoms with Gasteiger partial charge in [-0.2, -0.15) is 0 Å². The summed E-state index contributed by atoms with van der Waals surface area (Å²) < 4.78 is 5.58. The molecular formula is C12H20O2. The quantitative estimate of drug-likeness (QED) is 0.656. The van der Waals surface area contributed by atoms with Crippen molar-refractivity contribution in [3.63, 3.8) is 0 Å². The fourth-order valence-corrected chi connectivity index (χ4v) is 1.46. The topological polar surface area (TPSA) is 29.5 Å². The van der Waals surface area contributed by atoms with Crippen molar-refractivity contribution in [2.75, 3.05) is 6.61 Å². The van der Waals surface area contributed by atoms with E-state index in [9.17, 15) is 0 Å². The molecule has 0 aliphatic heterocycles. The Morgan fingerprint density at radius 2 is 2.07 bits per heavy atom. The Morgan fingerprint density at radius 3 is 2.71 bits per heavy atom. The number of hydrogen-bond donors (Lipinski definition) is 1. The Bertz CT molecular complexity index is 216. The van der Waals surface area contributed by atoms with Crippen LogP contribution in [0.1, 0.15) is 45.4 Å². The minimum Gasteiger partial charge on any atom is -0.512 e. The van der Waals surface area contributed by atoms with Gasteiger partial charge in [0, 0.05) is 12.8 Å². The summed E-state index contributed by atoms with van der Waals surface area (Å²) in [5, 5.41) is 9.13. The van der Waals surface area contributed by atoms with Gasteiger partial charge in [-0.15, -0.1) is 0 Å². The van der Waals surface area contributed by atoms with Crippen molar-refractivity contribution < 1.29 is 9.84 Å². The molecule has 0 aromatic heterocycles. The van der Waals surface area contributed by atoms with Gasteiger partial charge in [0.05, 0.1) is 18.1 Å². The van der Waals surface area contributed by atoms with Crippen molar-refractivity contribution in [1.82, 2.24) is 0 Å². The van der Waals surface area contributed by atoms with Gasteiger partial charge in [0.15, 0.2) is 0 Å². The molecule has 0 fully saturated rings. The third-order valence-electron chi connectivity index (χ3n) is 2.37. The molecule has 0 atom stereocenters. The van der Waals surface area contributed by atoms with E-state index in [1.807, 2.05) is 6.08 Å². The molecule has 0 aromatic carbocycles. The van der Waals surface area contributed by atoms with Crippen LogP contribution in [0.25, 0.3) is 0 Å². The van der Waals surface area contributed by atoms with Crippen molar-refractivity contribution in [3.8, 4) is 0 Å². The van der Waals surface area contributed by atoms with Gasteiger partial charge in [0.2, 0.25) is 0 Å². The van der Waals surface area contributed by atoms with Gasteiger partial charge in [0.1, 0.15) is 0 Å². The zero-order valence-electron chi connectivity index (χ0n) is 8.96. The van der Waals surface area contributed by atoms with E-state index in [1.54, 1.807) is 6.08 Å². The second-order valence-electron chi connectivity index (χ2n) is 3.70. The monoisotopic (exact) mass is 196 g/mol. The highest BCUT2D eigenvalue weighted by atomic mass is 16.5. The highest BCUT2D eigenvalue weighted by Crippen LogP contribution is 2.17. The summed E-state index contributed by atoms with van der Waals surface area (Å²) in [6, 6.07) is 0. The molecular weight excluding hydrogens is 176 g/mol. The van der Waals surface area contributed by atoms with Crippen LogP contribution >= 0.6 is 0 Å². The zero-order chi connectivity index (χ0) is 10.2. The van der Waals surface area contributed by atoms with Crippen molar-refractivity contribution in [1.29, 1.82) is 0 Å². The third kappa shape index (κ3) is 4.35. The molecule has 0 radical (unpaired) electrons. The summed E-state index contributed by atoms with van der Waals surface area (Å²) in [5.74, 6) is 1.47. The van der Waals surface area contributed by atoms with Gasteiger partial charge in [-0.25, -0.2) is 0 Å². The van der Waals surface area contributed by atoms with Crippen molar-refractivity contribution in [2.24, 2.45) is 0 Å². The average Bonchev–Trinajstić information content (AvgIpc) is 2.21. The standard InChI is InChI=1S/C12H20O2/c1-2-3-4-5-10-14-12-8-6-11(13)7-9-12/h6,8,13H,2-5,7,9-10H2,1H3. The van der Waals surface area contributed by atoms with Crippen LogP contribution in [-0.4, -0.2) is 11.7 Å². The van der Waals surface area contributed by atoms with Crippen molar-refractivity contribution in [2.45, 2.75) is 45.4 Å². The number of aliphatic hydroxyl groups is 1. The molecule has 1 aliphatic rings. The minimum atomic E-state index is 0.461. The number of ether oxygens (including phenoxy) is 1. The van der Waals surface area contributed by atoms with Gasteiger partial charge < -0.3 is 9.84 Å². The fraction of sp³-hybridized carbons (Fsp3) is 0.667. The Hall–Kier alpha value is -0.920. The van der Waals surface area contributed by atoms with E-state index < -0.39 is 0 Å². The lowest BCUT2D eigenvalue weighted by molar-refractivity contribution is 0.191. The molecule has 0 heterocycles. The first-order valence-corrected chi connectivity index (χ1v) is 5.54. The third-order valence-corrected chi connectivity index (χ3v) is 2.37. The maximum atomic E-state index is 9.13. The first-order valence-electron chi connectivity index (χ1n) is 5.54. The normalized spacial score (nSPS) is 16.1. The van der Waals surface area contributed by atoms with Gasteiger partial charge in [-0.05, 0) is 18.6 Å². The first kappa shape index (κ1) is 11.2. The Kier molecular flexibility index (Phi) is 5.20. The molecule has 2 nitrogen and oxygen atoms in total. The van der Waals surface area contributed by atoms with Crippen LogP contribution in [0.3, 0.4) is 0 Å². The largest absolute Gasteiger partial charge is 0.512 e. The molecule has 80 valence electrons. The minimum absolute atomic E-state index is 0.461. The maximum Gasteiger partial charge on any atom is 0.0965 e. The van der Waals surface area contributed by atoms with E-state index in [1.165, 1.54) is 19.3 Å². The number of hydrogen-bond acceptors (Lipinski definition) is 2. The highest BCUT2D eigenvalue weighted by molar-refractivity contribution is 5.16. The van der Waals surface area contributed by atoms with E-state index in [4.69, 9.17) is 9.84 Å². The molecule has 0 saturated heterocycles. The molecule has 0 bridgehead atoms. The van der Waals surface area contributed by atoms with Crippen LogP contribution < -0.4 is 0 Å². The molecule has 2 heteroatoms. The second kappa shape index (κ2) is 6.52. The molecule has 0 aromatic rings. The summed E-state index contributed by atoms with van der Waals surface area (Å²) in [7, 11) is 0. The summed E-state index contributed by atoms with van der Waals surface area (Å²) in [4.78, 5) is 0. The number of rotatable bonds is 6. The van der Waals surface area contributed by atoms with Crippen molar-refractivity contribution in [3.05, 3.63) is 23.7 Å². The molecule has 1 N–H and O–H groups in total. The van der Waals surface area contributed by atoms with Gasteiger partial charge >= 0.3 is 0 Å². The molecule has 0 spiro atoms. The predicted molar refractivity (Wildman–Crippen MR) is 58.1 cm³/mol. The van der Waals surface area contributed by atoms with Crippen molar-refractivity contribution >= 4 is 0 Å². The van der Waals surface area contributed by atoms with E-state index in [0.717, 1.165) is 31.6 Å². The van der Waals surface area contributed by atoms with Crippen LogP contribution in [0.4, 0.5) is 0 Å². The zero-order valence-corrected chi connectivity index (χ0v) is 8.96. The first-order chi connectivity index (χ1) is 6.83. The molecule has 0 saturated carbocycles. The van der Waals surface area contributed by atoms with E-state index in [-0.39, 0.29) is 0 Å². The van der Waals surface area contributed by atoms with Gasteiger partial charge in [0.25, 0.3) is 0 Å². The summed E-state index contributed by atoms with van der Waals surface area (Å²) >= 11 is 0. The van der Waals surface area contributed by atoms with E-state index in [0.29, 0.717) is 5.76 Å². The maximum absolute atomic E-state index is 9.13. The lowest BCUT2D eigenvalue weighted by atomic mass is 10.1. The summed E-state index contributed by atoms with van der Waals surface area (Å²) in [6.07, 6.45) is 10.1. The molecule has 0 amide bonds. The Morgan fingerprint density at radius 1 is 1.21 bits per heavy atom. The SMILES string of the molecule is CCCCCCOC1=CC=C(O)CC1. The molecule has 14 heavy (non-hydrogen) atoms. The molecule has 1 rings (SSSR count). The summed E-state index contributed by atoms with van der Waals surface area (Å²) in [6.45, 7) is 3.03. The lowest BCUT2D eigenvalue weighted by Crippen LogP contribution is -1.99. The second-order valence-corrected chi connectivity index (χ2v) is 3.70. The summed E-state index contributed by atoms with van der Waals surface area (Å²) in [5.41, 5.74) is 0. The predicted octanol–water partition coefficient (Wildman–Crippen LogP) is 3.70. The molecule has 0 unspecified atom stereocenters. The van der Waals surface area contributed by atoms with E-state index >= 15 is 0 Å².